The third-order valence-electron chi connectivity index (χ3n) is 2.69. The molecule has 0 unspecified atom stereocenters. The number of sulfonamides is 1. The van der Waals surface area contributed by atoms with E-state index in [1.807, 2.05) is 0 Å². The molecule has 2 rings (SSSR count). The fourth-order valence-corrected chi connectivity index (χ4v) is 2.81. The normalized spacial score (nSPS) is 11.2. The fraction of sp³-hybridized carbons (Fsp3) is 0.167. The maximum absolute atomic E-state index is 12.0. The van der Waals surface area contributed by atoms with Crippen LogP contribution in [-0.2, 0) is 10.0 Å². The van der Waals surface area contributed by atoms with Gasteiger partial charge in [-0.15, -0.1) is 0 Å². The molecular formula is C12H12ClN5O4S. The highest BCUT2D eigenvalue weighted by Crippen LogP contribution is 2.15. The number of non-ortho nitro benzene ring substituents is 1. The highest BCUT2D eigenvalue weighted by atomic mass is 35.5. The van der Waals surface area contributed by atoms with E-state index in [9.17, 15) is 18.5 Å². The van der Waals surface area contributed by atoms with Crippen LogP contribution in [0.1, 0.15) is 0 Å². The molecule has 23 heavy (non-hydrogen) atoms. The lowest BCUT2D eigenvalue weighted by atomic mass is 10.3. The number of nitrogens with zero attached hydrogens (tertiary/aromatic N) is 3. The summed E-state index contributed by atoms with van der Waals surface area (Å²) in [5, 5.41) is 13.6. The van der Waals surface area contributed by atoms with E-state index in [-0.39, 0.29) is 28.8 Å². The predicted octanol–water partition coefficient (Wildman–Crippen LogP) is 1.43. The van der Waals surface area contributed by atoms with E-state index in [2.05, 4.69) is 20.0 Å². The van der Waals surface area contributed by atoms with Gasteiger partial charge in [0.25, 0.3) is 5.69 Å². The summed E-state index contributed by atoms with van der Waals surface area (Å²) in [6, 6.07) is 4.62. The van der Waals surface area contributed by atoms with Gasteiger partial charge in [-0.1, -0.05) is 11.6 Å². The van der Waals surface area contributed by atoms with E-state index in [1.165, 1.54) is 24.5 Å². The van der Waals surface area contributed by atoms with Gasteiger partial charge in [0, 0.05) is 25.2 Å². The Morgan fingerprint density at radius 1 is 1.17 bits per heavy atom. The third kappa shape index (κ3) is 4.84. The zero-order chi connectivity index (χ0) is 16.9. The smallest absolute Gasteiger partial charge is 0.269 e. The molecule has 0 aliphatic rings. The zero-order valence-electron chi connectivity index (χ0n) is 11.6. The summed E-state index contributed by atoms with van der Waals surface area (Å²) in [5.41, 5.74) is -0.176. The van der Waals surface area contributed by atoms with Crippen molar-refractivity contribution in [2.24, 2.45) is 0 Å². The molecule has 0 saturated heterocycles. The van der Waals surface area contributed by atoms with Crippen LogP contribution in [0.15, 0.2) is 41.6 Å². The van der Waals surface area contributed by atoms with Crippen LogP contribution in [0.2, 0.25) is 5.15 Å². The Kier molecular flexibility index (Phi) is 5.42. The number of nitro groups is 1. The molecule has 1 aromatic heterocycles. The first kappa shape index (κ1) is 17.1. The number of hydrogen-bond donors (Lipinski definition) is 2. The van der Waals surface area contributed by atoms with Gasteiger partial charge in [0.1, 0.15) is 11.0 Å². The number of nitro benzene ring substituents is 1. The average molecular weight is 358 g/mol. The van der Waals surface area contributed by atoms with Crippen LogP contribution >= 0.6 is 11.6 Å². The van der Waals surface area contributed by atoms with Crippen LogP contribution in [0.4, 0.5) is 11.5 Å². The number of halogens is 1. The Morgan fingerprint density at radius 3 is 2.48 bits per heavy atom. The van der Waals surface area contributed by atoms with Crippen LogP contribution in [0.25, 0.3) is 0 Å². The average Bonchev–Trinajstić information content (AvgIpc) is 2.52. The van der Waals surface area contributed by atoms with Gasteiger partial charge in [-0.05, 0) is 12.1 Å². The van der Waals surface area contributed by atoms with Gasteiger partial charge < -0.3 is 5.32 Å². The van der Waals surface area contributed by atoms with Gasteiger partial charge >= 0.3 is 0 Å². The van der Waals surface area contributed by atoms with Crippen LogP contribution in [0.5, 0.6) is 0 Å². The molecule has 2 aromatic rings. The second-order valence-electron chi connectivity index (χ2n) is 4.30. The molecule has 0 bridgehead atoms. The van der Waals surface area contributed by atoms with E-state index < -0.39 is 14.9 Å². The van der Waals surface area contributed by atoms with Crippen LogP contribution in [0.3, 0.4) is 0 Å². The molecule has 0 radical (unpaired) electrons. The Balaban J connectivity index is 1.90. The molecule has 9 nitrogen and oxygen atoms in total. The van der Waals surface area contributed by atoms with Gasteiger partial charge in [0.05, 0.1) is 22.2 Å². The van der Waals surface area contributed by atoms with Crippen molar-refractivity contribution < 1.29 is 13.3 Å². The van der Waals surface area contributed by atoms with Gasteiger partial charge in [-0.3, -0.25) is 15.1 Å². The molecule has 0 fully saturated rings. The first-order valence-electron chi connectivity index (χ1n) is 6.34. The Labute approximate surface area is 136 Å². The number of benzene rings is 1. The highest BCUT2D eigenvalue weighted by Gasteiger charge is 2.15. The molecule has 122 valence electrons. The number of anilines is 1. The van der Waals surface area contributed by atoms with Crippen molar-refractivity contribution >= 4 is 33.1 Å². The van der Waals surface area contributed by atoms with Crippen molar-refractivity contribution in [3.8, 4) is 0 Å². The van der Waals surface area contributed by atoms with E-state index in [1.54, 1.807) is 0 Å². The van der Waals surface area contributed by atoms with Crippen molar-refractivity contribution in [3.05, 3.63) is 51.9 Å². The van der Waals surface area contributed by atoms with Crippen LogP contribution in [-0.4, -0.2) is 36.4 Å². The standard InChI is InChI=1S/C12H12ClN5O4S/c13-11-7-14-8-12(17-11)15-5-6-16-23(21,22)10-3-1-9(2-4-10)18(19)20/h1-4,7-8,16H,5-6H2,(H,15,17). The maximum atomic E-state index is 12.0. The monoisotopic (exact) mass is 357 g/mol. The molecule has 0 aliphatic carbocycles. The lowest BCUT2D eigenvalue weighted by Gasteiger charge is -2.08. The van der Waals surface area contributed by atoms with Gasteiger partial charge in [-0.2, -0.15) is 0 Å². The predicted molar refractivity (Wildman–Crippen MR) is 83.8 cm³/mol. The van der Waals surface area contributed by atoms with Crippen molar-refractivity contribution in [1.82, 2.24) is 14.7 Å². The minimum absolute atomic E-state index is 0.0503. The lowest BCUT2D eigenvalue weighted by Crippen LogP contribution is -2.29. The summed E-state index contributed by atoms with van der Waals surface area (Å²) in [6.07, 6.45) is 2.83. The van der Waals surface area contributed by atoms with E-state index >= 15 is 0 Å². The Morgan fingerprint density at radius 2 is 1.87 bits per heavy atom. The third-order valence-corrected chi connectivity index (χ3v) is 4.35. The molecule has 0 atom stereocenters. The van der Waals surface area contributed by atoms with Gasteiger partial charge in [0.15, 0.2) is 0 Å². The molecule has 0 spiro atoms. The van der Waals surface area contributed by atoms with Crippen molar-refractivity contribution in [1.29, 1.82) is 0 Å². The van der Waals surface area contributed by atoms with Crippen LogP contribution in [0, 0.1) is 10.1 Å². The van der Waals surface area contributed by atoms with E-state index in [0.29, 0.717) is 5.82 Å². The minimum Gasteiger partial charge on any atom is -0.367 e. The van der Waals surface area contributed by atoms with Crippen molar-refractivity contribution in [2.45, 2.75) is 4.90 Å². The second kappa shape index (κ2) is 7.31. The molecule has 2 N–H and O–H groups in total. The highest BCUT2D eigenvalue weighted by molar-refractivity contribution is 7.89. The zero-order valence-corrected chi connectivity index (χ0v) is 13.2. The summed E-state index contributed by atoms with van der Waals surface area (Å²) in [7, 11) is -3.74. The summed E-state index contributed by atoms with van der Waals surface area (Å²) < 4.78 is 26.4. The lowest BCUT2D eigenvalue weighted by molar-refractivity contribution is -0.384. The molecule has 1 aromatic carbocycles. The second-order valence-corrected chi connectivity index (χ2v) is 6.46. The molecule has 1 heterocycles. The maximum Gasteiger partial charge on any atom is 0.269 e. The SMILES string of the molecule is O=[N+]([O-])c1ccc(S(=O)(=O)NCCNc2cncc(Cl)n2)cc1. The van der Waals surface area contributed by atoms with E-state index in [4.69, 9.17) is 11.6 Å². The van der Waals surface area contributed by atoms with Gasteiger partial charge in [-0.25, -0.2) is 18.1 Å². The number of rotatable bonds is 7. The topological polar surface area (TPSA) is 127 Å². The minimum atomic E-state index is -3.74. The van der Waals surface area contributed by atoms with Crippen molar-refractivity contribution in [2.75, 3.05) is 18.4 Å². The number of aromatic nitrogens is 2. The molecule has 0 amide bonds. The van der Waals surface area contributed by atoms with E-state index in [0.717, 1.165) is 12.1 Å². The van der Waals surface area contributed by atoms with Crippen molar-refractivity contribution in [3.63, 3.8) is 0 Å². The molecular weight excluding hydrogens is 346 g/mol. The first-order chi connectivity index (χ1) is 10.9. The molecule has 0 saturated carbocycles. The van der Waals surface area contributed by atoms with Crippen LogP contribution < -0.4 is 10.0 Å². The largest absolute Gasteiger partial charge is 0.367 e. The number of hydrogen-bond acceptors (Lipinski definition) is 7. The molecule has 11 heteroatoms. The number of nitrogens with one attached hydrogen (secondary N) is 2. The summed E-state index contributed by atoms with van der Waals surface area (Å²) in [6.45, 7) is 0.356. The summed E-state index contributed by atoms with van der Waals surface area (Å²) >= 11 is 5.67. The van der Waals surface area contributed by atoms with Gasteiger partial charge in [0.2, 0.25) is 10.0 Å². The quantitative estimate of drug-likeness (QED) is 0.436. The Bertz CT molecular complexity index is 797. The fourth-order valence-electron chi connectivity index (χ4n) is 1.63. The molecule has 0 aliphatic heterocycles. The summed E-state index contributed by atoms with van der Waals surface area (Å²) in [5.74, 6) is 0.423. The summed E-state index contributed by atoms with van der Waals surface area (Å²) in [4.78, 5) is 17.7. The first-order valence-corrected chi connectivity index (χ1v) is 8.20. The Hall–Kier alpha value is -2.30.